The van der Waals surface area contributed by atoms with E-state index in [0.29, 0.717) is 10.8 Å². The molecule has 0 amide bonds. The third-order valence-electron chi connectivity index (χ3n) is 4.80. The van der Waals surface area contributed by atoms with Crippen molar-refractivity contribution in [1.82, 2.24) is 14.6 Å². The van der Waals surface area contributed by atoms with Crippen molar-refractivity contribution in [1.29, 1.82) is 0 Å². The number of aromatic nitrogens is 3. The monoisotopic (exact) mass is 355 g/mol. The summed E-state index contributed by atoms with van der Waals surface area (Å²) in [7, 11) is 0. The molecule has 4 aromatic rings. The van der Waals surface area contributed by atoms with Gasteiger partial charge in [-0.2, -0.15) is 9.61 Å². The van der Waals surface area contributed by atoms with Crippen molar-refractivity contribution in [2.45, 2.75) is 32.1 Å². The lowest BCUT2D eigenvalue weighted by atomic mass is 10.1. The molecule has 24 heavy (non-hydrogen) atoms. The fraction of sp³-hybridized carbons (Fsp3) is 0.278. The lowest BCUT2D eigenvalue weighted by molar-refractivity contribution is 0.713. The third-order valence-corrected chi connectivity index (χ3v) is 6.26. The smallest absolute Gasteiger partial charge is 0.267 e. The second kappa shape index (κ2) is 5.26. The Morgan fingerprint density at radius 3 is 2.75 bits per heavy atom. The minimum Gasteiger partial charge on any atom is -0.267 e. The summed E-state index contributed by atoms with van der Waals surface area (Å²) in [6, 6.07) is 7.69. The van der Waals surface area contributed by atoms with Gasteiger partial charge in [-0.25, -0.2) is 4.98 Å². The summed E-state index contributed by atoms with van der Waals surface area (Å²) in [5, 5.41) is 7.08. The molecule has 1 aliphatic rings. The first-order chi connectivity index (χ1) is 11.7. The Morgan fingerprint density at radius 1 is 1.08 bits per heavy atom. The van der Waals surface area contributed by atoms with Gasteiger partial charge < -0.3 is 0 Å². The summed E-state index contributed by atoms with van der Waals surface area (Å²) in [6.07, 6.45) is 5.55. The van der Waals surface area contributed by atoms with Gasteiger partial charge in [0.25, 0.3) is 5.56 Å². The van der Waals surface area contributed by atoms with E-state index in [1.165, 1.54) is 27.8 Å². The average molecular weight is 356 g/mol. The van der Waals surface area contributed by atoms with Crippen molar-refractivity contribution in [3.63, 3.8) is 0 Å². The number of halogens is 1. The van der Waals surface area contributed by atoms with Crippen LogP contribution in [0.1, 0.15) is 29.7 Å². The lowest BCUT2D eigenvalue weighted by Crippen LogP contribution is -2.18. The van der Waals surface area contributed by atoms with Crippen LogP contribution in [0.15, 0.2) is 29.1 Å². The molecule has 0 unspecified atom stereocenters. The quantitative estimate of drug-likeness (QED) is 0.347. The summed E-state index contributed by atoms with van der Waals surface area (Å²) in [5.41, 5.74) is 1.68. The highest BCUT2D eigenvalue weighted by atomic mass is 35.5. The van der Waals surface area contributed by atoms with Crippen molar-refractivity contribution >= 4 is 49.6 Å². The van der Waals surface area contributed by atoms with E-state index >= 15 is 0 Å². The summed E-state index contributed by atoms with van der Waals surface area (Å²) in [6.45, 7) is 0. The number of hydrogen-bond donors (Lipinski definition) is 0. The molecule has 6 heteroatoms. The molecule has 0 saturated heterocycles. The van der Waals surface area contributed by atoms with Gasteiger partial charge in [-0.05, 0) is 31.2 Å². The van der Waals surface area contributed by atoms with E-state index < -0.39 is 0 Å². The molecule has 120 valence electrons. The Labute approximate surface area is 146 Å². The maximum Gasteiger partial charge on any atom is 0.283 e. The topological polar surface area (TPSA) is 47.3 Å². The molecule has 0 saturated carbocycles. The van der Waals surface area contributed by atoms with Crippen LogP contribution in [0.25, 0.3) is 26.6 Å². The van der Waals surface area contributed by atoms with Crippen LogP contribution in [-0.2, 0) is 12.8 Å². The SMILES string of the molecule is O=c1c2c3c(sc2nc2c4ccccc4c(Cl)nn12)CCCCC3. The van der Waals surface area contributed by atoms with Crippen LogP contribution in [0.3, 0.4) is 0 Å². The first-order valence-corrected chi connectivity index (χ1v) is 9.35. The van der Waals surface area contributed by atoms with Crippen LogP contribution in [-0.4, -0.2) is 14.6 Å². The minimum absolute atomic E-state index is 0.0953. The van der Waals surface area contributed by atoms with Crippen LogP contribution >= 0.6 is 22.9 Å². The van der Waals surface area contributed by atoms with Crippen LogP contribution in [0.2, 0.25) is 5.15 Å². The van der Waals surface area contributed by atoms with E-state index in [1.807, 2.05) is 24.3 Å². The molecule has 0 aliphatic heterocycles. The molecule has 0 spiro atoms. The van der Waals surface area contributed by atoms with E-state index in [2.05, 4.69) is 5.10 Å². The highest BCUT2D eigenvalue weighted by Crippen LogP contribution is 2.34. The number of hydrogen-bond acceptors (Lipinski definition) is 4. The predicted octanol–water partition coefficient (Wildman–Crippen LogP) is 4.38. The zero-order valence-electron chi connectivity index (χ0n) is 12.9. The zero-order valence-corrected chi connectivity index (χ0v) is 14.5. The fourth-order valence-electron chi connectivity index (χ4n) is 3.64. The average Bonchev–Trinajstić information content (AvgIpc) is 2.78. The van der Waals surface area contributed by atoms with Gasteiger partial charge in [0, 0.05) is 15.6 Å². The molecular weight excluding hydrogens is 342 g/mol. The van der Waals surface area contributed by atoms with Crippen molar-refractivity contribution < 1.29 is 0 Å². The minimum atomic E-state index is -0.0953. The number of fused-ring (bicyclic) bond motifs is 6. The summed E-state index contributed by atoms with van der Waals surface area (Å²) in [5.74, 6) is 0. The first kappa shape index (κ1) is 14.4. The van der Waals surface area contributed by atoms with Gasteiger partial charge in [0.15, 0.2) is 10.8 Å². The fourth-order valence-corrected chi connectivity index (χ4v) is 5.13. The maximum atomic E-state index is 13.1. The normalized spacial score (nSPS) is 15.0. The van der Waals surface area contributed by atoms with Gasteiger partial charge in [0.05, 0.1) is 5.39 Å². The van der Waals surface area contributed by atoms with Crippen molar-refractivity contribution in [3.8, 4) is 0 Å². The number of aryl methyl sites for hydroxylation is 2. The lowest BCUT2D eigenvalue weighted by Gasteiger charge is -2.06. The largest absolute Gasteiger partial charge is 0.283 e. The summed E-state index contributed by atoms with van der Waals surface area (Å²) in [4.78, 5) is 20.1. The maximum absolute atomic E-state index is 13.1. The molecule has 5 rings (SSSR count). The van der Waals surface area contributed by atoms with Crippen LogP contribution in [0.4, 0.5) is 0 Å². The zero-order chi connectivity index (χ0) is 16.3. The summed E-state index contributed by atoms with van der Waals surface area (Å²) < 4.78 is 1.38. The summed E-state index contributed by atoms with van der Waals surface area (Å²) >= 11 is 7.98. The molecule has 1 aromatic carbocycles. The Morgan fingerprint density at radius 2 is 1.88 bits per heavy atom. The van der Waals surface area contributed by atoms with Crippen molar-refractivity contribution in [2.75, 3.05) is 0 Å². The van der Waals surface area contributed by atoms with E-state index in [0.717, 1.165) is 40.3 Å². The van der Waals surface area contributed by atoms with Gasteiger partial charge in [0.1, 0.15) is 4.83 Å². The first-order valence-electron chi connectivity index (χ1n) is 8.15. The molecule has 4 nitrogen and oxygen atoms in total. The van der Waals surface area contributed by atoms with E-state index in [4.69, 9.17) is 16.6 Å². The standard InChI is InChI=1S/C18H14ClN3OS/c19-15-10-6-4-5-7-11(10)16-20-17-14(18(23)22(16)21-15)12-8-2-1-3-9-13(12)24-17/h4-7H,1-3,8-9H2. The van der Waals surface area contributed by atoms with Gasteiger partial charge in [-0.3, -0.25) is 4.79 Å². The Hall–Kier alpha value is -1.98. The van der Waals surface area contributed by atoms with Crippen molar-refractivity contribution in [3.05, 3.63) is 50.2 Å². The van der Waals surface area contributed by atoms with Crippen LogP contribution in [0, 0.1) is 0 Å². The predicted molar refractivity (Wildman–Crippen MR) is 98.4 cm³/mol. The van der Waals surface area contributed by atoms with Crippen molar-refractivity contribution in [2.24, 2.45) is 0 Å². The molecule has 3 heterocycles. The second-order valence-corrected chi connectivity index (χ2v) is 7.67. The number of rotatable bonds is 0. The van der Waals surface area contributed by atoms with Crippen LogP contribution < -0.4 is 5.56 Å². The second-order valence-electron chi connectivity index (χ2n) is 6.23. The Balaban J connectivity index is 1.98. The molecular formula is C18H14ClN3OS. The Bertz CT molecular complexity index is 1180. The molecule has 0 N–H and O–H groups in total. The highest BCUT2D eigenvalue weighted by Gasteiger charge is 2.21. The number of thiophene rings is 1. The van der Waals surface area contributed by atoms with E-state index in [9.17, 15) is 4.79 Å². The molecule has 0 bridgehead atoms. The van der Waals surface area contributed by atoms with E-state index in [1.54, 1.807) is 11.3 Å². The molecule has 0 fully saturated rings. The number of benzene rings is 1. The van der Waals surface area contributed by atoms with Gasteiger partial charge >= 0.3 is 0 Å². The Kier molecular flexibility index (Phi) is 3.15. The van der Waals surface area contributed by atoms with Gasteiger partial charge in [-0.1, -0.05) is 42.3 Å². The molecule has 0 radical (unpaired) electrons. The molecule has 1 aliphatic carbocycles. The molecule has 3 aromatic heterocycles. The van der Waals surface area contributed by atoms with Gasteiger partial charge in [-0.15, -0.1) is 11.3 Å². The molecule has 0 atom stereocenters. The van der Waals surface area contributed by atoms with E-state index in [-0.39, 0.29) is 5.56 Å². The van der Waals surface area contributed by atoms with Crippen LogP contribution in [0.5, 0.6) is 0 Å². The third kappa shape index (κ3) is 1.95. The highest BCUT2D eigenvalue weighted by molar-refractivity contribution is 7.18. The number of nitrogens with zero attached hydrogens (tertiary/aromatic N) is 3. The van der Waals surface area contributed by atoms with Gasteiger partial charge in [0.2, 0.25) is 0 Å².